The Morgan fingerprint density at radius 3 is 2.26 bits per heavy atom. The Kier molecular flexibility index (Phi) is 4.18. The van der Waals surface area contributed by atoms with Gasteiger partial charge in [0.05, 0.1) is 12.7 Å². The molecular weight excluding hydrogens is 296 g/mol. The number of aromatic nitrogens is 2. The van der Waals surface area contributed by atoms with E-state index in [0.717, 1.165) is 18.5 Å². The molecule has 118 valence electrons. The lowest BCUT2D eigenvalue weighted by Crippen LogP contribution is -2.14. The molecule has 1 aliphatic carbocycles. The van der Waals surface area contributed by atoms with E-state index in [1.165, 1.54) is 7.11 Å². The minimum absolute atomic E-state index is 0.00147. The molecule has 7 nitrogen and oxygen atoms in total. The Morgan fingerprint density at radius 2 is 1.70 bits per heavy atom. The first-order valence-electron chi connectivity index (χ1n) is 7.26. The van der Waals surface area contributed by atoms with E-state index in [0.29, 0.717) is 17.2 Å². The summed E-state index contributed by atoms with van der Waals surface area (Å²) in [6, 6.07) is 10.2. The number of benzene rings is 1. The molecule has 0 radical (unpaired) electrons. The summed E-state index contributed by atoms with van der Waals surface area (Å²) < 4.78 is 4.64. The number of methoxy groups -OCH3 is 1. The van der Waals surface area contributed by atoms with Crippen molar-refractivity contribution >= 4 is 29.2 Å². The Hall–Kier alpha value is -2.96. The molecule has 2 aromatic rings. The molecule has 0 atom stereocenters. The van der Waals surface area contributed by atoms with E-state index in [4.69, 9.17) is 0 Å². The maximum absolute atomic E-state index is 11.6. The normalized spacial score (nSPS) is 13.3. The number of esters is 1. The fourth-order valence-electron chi connectivity index (χ4n) is 1.99. The maximum Gasteiger partial charge on any atom is 0.337 e. The van der Waals surface area contributed by atoms with Crippen LogP contribution in [0.3, 0.4) is 0 Å². The van der Waals surface area contributed by atoms with Crippen molar-refractivity contribution in [3.8, 4) is 0 Å². The number of carbonyl (C=O) groups excluding carboxylic acids is 2. The summed E-state index contributed by atoms with van der Waals surface area (Å²) in [6.45, 7) is 0. The minimum atomic E-state index is -0.382. The second kappa shape index (κ2) is 6.43. The number of anilines is 3. The first-order chi connectivity index (χ1) is 11.2. The first-order valence-corrected chi connectivity index (χ1v) is 7.26. The molecule has 1 aliphatic rings. The minimum Gasteiger partial charge on any atom is -0.465 e. The van der Waals surface area contributed by atoms with Crippen molar-refractivity contribution in [2.75, 3.05) is 17.7 Å². The number of nitrogens with zero attached hydrogens (tertiary/aromatic N) is 2. The van der Waals surface area contributed by atoms with Gasteiger partial charge in [0.25, 0.3) is 0 Å². The molecule has 1 aromatic carbocycles. The summed E-state index contributed by atoms with van der Waals surface area (Å²) >= 11 is 0. The van der Waals surface area contributed by atoms with Crippen LogP contribution in [0.1, 0.15) is 23.2 Å². The molecule has 0 bridgehead atoms. The smallest absolute Gasteiger partial charge is 0.337 e. The van der Waals surface area contributed by atoms with Gasteiger partial charge < -0.3 is 15.4 Å². The first kappa shape index (κ1) is 15.0. The highest BCUT2D eigenvalue weighted by Gasteiger charge is 2.29. The average molecular weight is 312 g/mol. The van der Waals surface area contributed by atoms with Crippen molar-refractivity contribution in [1.29, 1.82) is 0 Å². The van der Waals surface area contributed by atoms with Crippen LogP contribution in [0.25, 0.3) is 0 Å². The fourth-order valence-corrected chi connectivity index (χ4v) is 1.99. The van der Waals surface area contributed by atoms with Gasteiger partial charge in [0, 0.05) is 11.6 Å². The van der Waals surface area contributed by atoms with Crippen molar-refractivity contribution < 1.29 is 14.3 Å². The van der Waals surface area contributed by atoms with Crippen LogP contribution >= 0.6 is 0 Å². The van der Waals surface area contributed by atoms with E-state index in [1.54, 1.807) is 36.4 Å². The van der Waals surface area contributed by atoms with E-state index >= 15 is 0 Å². The van der Waals surface area contributed by atoms with Gasteiger partial charge in [-0.3, -0.25) is 4.79 Å². The lowest BCUT2D eigenvalue weighted by molar-refractivity contribution is -0.117. The zero-order valence-electron chi connectivity index (χ0n) is 12.6. The van der Waals surface area contributed by atoms with Gasteiger partial charge >= 0.3 is 5.97 Å². The highest BCUT2D eigenvalue weighted by atomic mass is 16.5. The summed E-state index contributed by atoms with van der Waals surface area (Å²) in [6.07, 6.45) is 1.89. The number of rotatable bonds is 5. The maximum atomic E-state index is 11.6. The van der Waals surface area contributed by atoms with Gasteiger partial charge in [-0.2, -0.15) is 0 Å². The van der Waals surface area contributed by atoms with Gasteiger partial charge in [-0.1, -0.05) is 0 Å². The molecule has 0 unspecified atom stereocenters. The number of hydrogen-bond donors (Lipinski definition) is 2. The summed E-state index contributed by atoms with van der Waals surface area (Å²) in [7, 11) is 1.34. The third kappa shape index (κ3) is 3.82. The monoisotopic (exact) mass is 312 g/mol. The Bertz CT molecular complexity index is 709. The summed E-state index contributed by atoms with van der Waals surface area (Å²) in [5.41, 5.74) is 1.24. The van der Waals surface area contributed by atoms with Gasteiger partial charge in [0.15, 0.2) is 11.6 Å². The van der Waals surface area contributed by atoms with Crippen LogP contribution in [0.5, 0.6) is 0 Å². The molecule has 0 saturated heterocycles. The summed E-state index contributed by atoms with van der Waals surface area (Å²) in [5.74, 6) is 0.724. The van der Waals surface area contributed by atoms with E-state index in [-0.39, 0.29) is 17.8 Å². The van der Waals surface area contributed by atoms with E-state index in [1.807, 2.05) is 0 Å². The zero-order chi connectivity index (χ0) is 16.2. The number of nitrogens with one attached hydrogen (secondary N) is 2. The third-order valence-electron chi connectivity index (χ3n) is 3.44. The molecule has 7 heteroatoms. The van der Waals surface area contributed by atoms with Crippen LogP contribution in [0.4, 0.5) is 17.3 Å². The molecule has 1 saturated carbocycles. The molecule has 3 rings (SSSR count). The van der Waals surface area contributed by atoms with Gasteiger partial charge in [0.1, 0.15) is 0 Å². The third-order valence-corrected chi connectivity index (χ3v) is 3.44. The lowest BCUT2D eigenvalue weighted by atomic mass is 10.2. The second-order valence-corrected chi connectivity index (χ2v) is 5.26. The van der Waals surface area contributed by atoms with Gasteiger partial charge in [0.2, 0.25) is 5.91 Å². The van der Waals surface area contributed by atoms with E-state index < -0.39 is 0 Å². The number of carbonyl (C=O) groups is 2. The Labute approximate surface area is 133 Å². The largest absolute Gasteiger partial charge is 0.465 e. The average Bonchev–Trinajstić information content (AvgIpc) is 3.42. The SMILES string of the molecule is COC(=O)c1ccc(Nc2ccc(NC(=O)C3CC3)nn2)cc1. The zero-order valence-corrected chi connectivity index (χ0v) is 12.6. The van der Waals surface area contributed by atoms with Crippen molar-refractivity contribution in [3.63, 3.8) is 0 Å². The Morgan fingerprint density at radius 1 is 1.04 bits per heavy atom. The standard InChI is InChI=1S/C16H16N4O3/c1-23-16(22)11-4-6-12(7-5-11)17-13-8-9-14(20-19-13)18-15(21)10-2-3-10/h4-10H,2-3H2,1H3,(H,17,19)(H,18,20,21). The quantitative estimate of drug-likeness (QED) is 0.823. The van der Waals surface area contributed by atoms with E-state index in [9.17, 15) is 9.59 Å². The lowest BCUT2D eigenvalue weighted by Gasteiger charge is -2.07. The summed E-state index contributed by atoms with van der Waals surface area (Å²) in [5, 5.41) is 13.8. The molecule has 23 heavy (non-hydrogen) atoms. The Balaban J connectivity index is 1.61. The highest BCUT2D eigenvalue weighted by Crippen LogP contribution is 2.29. The molecular formula is C16H16N4O3. The van der Waals surface area contributed by atoms with Crippen LogP contribution < -0.4 is 10.6 Å². The molecule has 1 heterocycles. The van der Waals surface area contributed by atoms with Crippen molar-refractivity contribution in [2.45, 2.75) is 12.8 Å². The van der Waals surface area contributed by atoms with E-state index in [2.05, 4.69) is 25.6 Å². The predicted molar refractivity (Wildman–Crippen MR) is 84.4 cm³/mol. The molecule has 1 amide bonds. The van der Waals surface area contributed by atoms with Crippen LogP contribution in [0.15, 0.2) is 36.4 Å². The predicted octanol–water partition coefficient (Wildman–Crippen LogP) is 2.36. The molecule has 1 fully saturated rings. The number of amides is 1. The molecule has 0 spiro atoms. The van der Waals surface area contributed by atoms with Crippen LogP contribution in [-0.4, -0.2) is 29.2 Å². The van der Waals surface area contributed by atoms with Gasteiger partial charge in [-0.05, 0) is 49.2 Å². The van der Waals surface area contributed by atoms with Gasteiger partial charge in [-0.25, -0.2) is 4.79 Å². The number of hydrogen-bond acceptors (Lipinski definition) is 6. The molecule has 1 aromatic heterocycles. The summed E-state index contributed by atoms with van der Waals surface area (Å²) in [4.78, 5) is 23.0. The van der Waals surface area contributed by atoms with Crippen LogP contribution in [0, 0.1) is 5.92 Å². The van der Waals surface area contributed by atoms with Gasteiger partial charge in [-0.15, -0.1) is 10.2 Å². The highest BCUT2D eigenvalue weighted by molar-refractivity contribution is 5.93. The van der Waals surface area contributed by atoms with Crippen molar-refractivity contribution in [2.24, 2.45) is 5.92 Å². The van der Waals surface area contributed by atoms with Crippen molar-refractivity contribution in [3.05, 3.63) is 42.0 Å². The molecule has 0 aliphatic heterocycles. The van der Waals surface area contributed by atoms with Crippen LogP contribution in [0.2, 0.25) is 0 Å². The van der Waals surface area contributed by atoms with Crippen molar-refractivity contribution in [1.82, 2.24) is 10.2 Å². The number of ether oxygens (including phenoxy) is 1. The second-order valence-electron chi connectivity index (χ2n) is 5.26. The fraction of sp³-hybridized carbons (Fsp3) is 0.250. The van der Waals surface area contributed by atoms with Crippen LogP contribution in [-0.2, 0) is 9.53 Å². The molecule has 2 N–H and O–H groups in total. The topological polar surface area (TPSA) is 93.2 Å².